The van der Waals surface area contributed by atoms with E-state index in [0.717, 1.165) is 38.7 Å². The average Bonchev–Trinajstić information content (AvgIpc) is 2.31. The molecule has 5 heteroatoms. The van der Waals surface area contributed by atoms with Crippen molar-refractivity contribution in [3.63, 3.8) is 0 Å². The van der Waals surface area contributed by atoms with Gasteiger partial charge in [-0.3, -0.25) is 4.90 Å². The topological polar surface area (TPSA) is 44.3 Å². The van der Waals surface area contributed by atoms with Crippen molar-refractivity contribution in [3.8, 4) is 0 Å². The van der Waals surface area contributed by atoms with Gasteiger partial charge in [-0.15, -0.1) is 0 Å². The zero-order valence-electron chi connectivity index (χ0n) is 9.98. The second kappa shape index (κ2) is 5.23. The number of anilines is 1. The highest BCUT2D eigenvalue weighted by Gasteiger charge is 2.10. The lowest BCUT2D eigenvalue weighted by atomic mass is 10.3. The number of nitrogens with zero attached hydrogens (tertiary/aromatic N) is 4. The zero-order chi connectivity index (χ0) is 11.4. The van der Waals surface area contributed by atoms with Crippen LogP contribution in [0.1, 0.15) is 5.56 Å². The summed E-state index contributed by atoms with van der Waals surface area (Å²) < 4.78 is 0. The van der Waals surface area contributed by atoms with Gasteiger partial charge in [0.15, 0.2) is 0 Å². The summed E-state index contributed by atoms with van der Waals surface area (Å²) >= 11 is 0. The molecule has 5 nitrogen and oxygen atoms in total. The van der Waals surface area contributed by atoms with E-state index in [2.05, 4.69) is 20.2 Å². The number of rotatable bonds is 3. The summed E-state index contributed by atoms with van der Waals surface area (Å²) in [5.41, 5.74) is 1.19. The second-order valence-electron chi connectivity index (χ2n) is 4.31. The first-order chi connectivity index (χ1) is 7.75. The van der Waals surface area contributed by atoms with Crippen LogP contribution in [0.5, 0.6) is 0 Å². The van der Waals surface area contributed by atoms with Gasteiger partial charge in [0.25, 0.3) is 0 Å². The molecule has 1 fully saturated rings. The fraction of sp³-hybridized carbons (Fsp3) is 0.636. The van der Waals surface area contributed by atoms with Crippen molar-refractivity contribution in [2.45, 2.75) is 6.54 Å². The number of hydrogen-bond acceptors (Lipinski definition) is 5. The lowest BCUT2D eigenvalue weighted by molar-refractivity contribution is 0.233. The second-order valence-corrected chi connectivity index (χ2v) is 4.31. The normalized spacial score (nSPS) is 17.4. The van der Waals surface area contributed by atoms with Gasteiger partial charge in [0.2, 0.25) is 5.95 Å². The highest BCUT2D eigenvalue weighted by Crippen LogP contribution is 2.06. The molecule has 0 aromatic carbocycles. The van der Waals surface area contributed by atoms with Gasteiger partial charge >= 0.3 is 0 Å². The Hall–Kier alpha value is -1.20. The number of aromatic nitrogens is 2. The summed E-state index contributed by atoms with van der Waals surface area (Å²) in [5.74, 6) is 0.768. The molecular weight excluding hydrogens is 202 g/mol. The Morgan fingerprint density at radius 2 is 1.88 bits per heavy atom. The molecule has 1 aliphatic heterocycles. The summed E-state index contributed by atoms with van der Waals surface area (Å²) in [6, 6.07) is 0. The minimum Gasteiger partial charge on any atom is -0.347 e. The first kappa shape index (κ1) is 11.3. The summed E-state index contributed by atoms with van der Waals surface area (Å²) in [5, 5.41) is 3.34. The van der Waals surface area contributed by atoms with Crippen molar-refractivity contribution in [1.29, 1.82) is 0 Å². The van der Waals surface area contributed by atoms with Crippen molar-refractivity contribution < 1.29 is 0 Å². The summed E-state index contributed by atoms with van der Waals surface area (Å²) in [6.45, 7) is 5.33. The number of hydrogen-bond donors (Lipinski definition) is 1. The maximum absolute atomic E-state index is 4.32. The van der Waals surface area contributed by atoms with Crippen molar-refractivity contribution in [2.24, 2.45) is 0 Å². The Labute approximate surface area is 96.5 Å². The van der Waals surface area contributed by atoms with Crippen LogP contribution in [-0.4, -0.2) is 55.1 Å². The van der Waals surface area contributed by atoms with E-state index in [-0.39, 0.29) is 0 Å². The van der Waals surface area contributed by atoms with E-state index in [9.17, 15) is 0 Å². The molecule has 0 bridgehead atoms. The minimum atomic E-state index is 0.768. The lowest BCUT2D eigenvalue weighted by Gasteiger charge is -2.26. The van der Waals surface area contributed by atoms with Gasteiger partial charge in [0.1, 0.15) is 0 Å². The van der Waals surface area contributed by atoms with Crippen molar-refractivity contribution >= 4 is 5.95 Å². The fourth-order valence-electron chi connectivity index (χ4n) is 1.79. The van der Waals surface area contributed by atoms with E-state index < -0.39 is 0 Å². The SMILES string of the molecule is CN(C)c1ncc(CN2CCNCC2)cn1. The maximum atomic E-state index is 4.32. The van der Waals surface area contributed by atoms with Crippen LogP contribution >= 0.6 is 0 Å². The molecule has 0 amide bonds. The van der Waals surface area contributed by atoms with Gasteiger partial charge in [0.05, 0.1) is 0 Å². The predicted octanol–water partition coefficient (Wildman–Crippen LogP) is -0.0522. The summed E-state index contributed by atoms with van der Waals surface area (Å²) in [6.07, 6.45) is 3.84. The van der Waals surface area contributed by atoms with Crippen LogP contribution in [-0.2, 0) is 6.54 Å². The summed E-state index contributed by atoms with van der Waals surface area (Å²) in [4.78, 5) is 13.0. The van der Waals surface area contributed by atoms with Gasteiger partial charge < -0.3 is 10.2 Å². The Bertz CT molecular complexity index is 316. The van der Waals surface area contributed by atoms with Crippen LogP contribution in [0, 0.1) is 0 Å². The van der Waals surface area contributed by atoms with Crippen LogP contribution in [0.4, 0.5) is 5.95 Å². The van der Waals surface area contributed by atoms with Gasteiger partial charge in [-0.25, -0.2) is 9.97 Å². The van der Waals surface area contributed by atoms with E-state index in [4.69, 9.17) is 0 Å². The molecule has 2 rings (SSSR count). The lowest BCUT2D eigenvalue weighted by Crippen LogP contribution is -2.42. The van der Waals surface area contributed by atoms with E-state index in [1.807, 2.05) is 31.4 Å². The van der Waals surface area contributed by atoms with Gasteiger partial charge in [-0.2, -0.15) is 0 Å². The number of piperazine rings is 1. The number of nitrogens with one attached hydrogen (secondary N) is 1. The Morgan fingerprint density at radius 1 is 1.25 bits per heavy atom. The molecule has 0 spiro atoms. The maximum Gasteiger partial charge on any atom is 0.224 e. The van der Waals surface area contributed by atoms with Gasteiger partial charge in [-0.1, -0.05) is 0 Å². The standard InChI is InChI=1S/C11H19N5/c1-15(2)11-13-7-10(8-14-11)9-16-5-3-12-4-6-16/h7-8,12H,3-6,9H2,1-2H3. The fourth-order valence-corrected chi connectivity index (χ4v) is 1.79. The molecule has 1 aromatic heterocycles. The monoisotopic (exact) mass is 221 g/mol. The molecule has 2 heterocycles. The Morgan fingerprint density at radius 3 is 2.44 bits per heavy atom. The molecule has 16 heavy (non-hydrogen) atoms. The van der Waals surface area contributed by atoms with Crippen LogP contribution in [0.3, 0.4) is 0 Å². The molecule has 0 saturated carbocycles. The third-order valence-corrected chi connectivity index (χ3v) is 2.71. The smallest absolute Gasteiger partial charge is 0.224 e. The van der Waals surface area contributed by atoms with Gasteiger partial charge in [-0.05, 0) is 0 Å². The first-order valence-electron chi connectivity index (χ1n) is 5.67. The Kier molecular flexibility index (Phi) is 3.69. The molecule has 0 unspecified atom stereocenters. The first-order valence-corrected chi connectivity index (χ1v) is 5.67. The molecule has 0 atom stereocenters. The van der Waals surface area contributed by atoms with E-state index in [0.29, 0.717) is 0 Å². The molecule has 1 aliphatic rings. The molecular formula is C11H19N5. The highest BCUT2D eigenvalue weighted by atomic mass is 15.2. The van der Waals surface area contributed by atoms with Crippen molar-refractivity contribution in [3.05, 3.63) is 18.0 Å². The van der Waals surface area contributed by atoms with Crippen LogP contribution in [0.15, 0.2) is 12.4 Å². The molecule has 0 aliphatic carbocycles. The molecule has 0 radical (unpaired) electrons. The van der Waals surface area contributed by atoms with Crippen LogP contribution < -0.4 is 10.2 Å². The third-order valence-electron chi connectivity index (χ3n) is 2.71. The molecule has 1 N–H and O–H groups in total. The van der Waals surface area contributed by atoms with E-state index >= 15 is 0 Å². The minimum absolute atomic E-state index is 0.768. The van der Waals surface area contributed by atoms with Gasteiger partial charge in [0, 0.05) is 64.8 Å². The average molecular weight is 221 g/mol. The van der Waals surface area contributed by atoms with Crippen LogP contribution in [0.25, 0.3) is 0 Å². The highest BCUT2D eigenvalue weighted by molar-refractivity contribution is 5.26. The van der Waals surface area contributed by atoms with Crippen LogP contribution in [0.2, 0.25) is 0 Å². The molecule has 1 saturated heterocycles. The van der Waals surface area contributed by atoms with E-state index in [1.165, 1.54) is 5.56 Å². The summed E-state index contributed by atoms with van der Waals surface area (Å²) in [7, 11) is 3.90. The van der Waals surface area contributed by atoms with Crippen molar-refractivity contribution in [1.82, 2.24) is 20.2 Å². The third kappa shape index (κ3) is 2.90. The zero-order valence-corrected chi connectivity index (χ0v) is 9.98. The predicted molar refractivity (Wildman–Crippen MR) is 64.5 cm³/mol. The molecule has 1 aromatic rings. The molecule has 88 valence electrons. The Balaban J connectivity index is 1.93. The quantitative estimate of drug-likeness (QED) is 0.775. The largest absolute Gasteiger partial charge is 0.347 e. The van der Waals surface area contributed by atoms with Crippen molar-refractivity contribution in [2.75, 3.05) is 45.2 Å². The van der Waals surface area contributed by atoms with E-state index in [1.54, 1.807) is 0 Å².